The number of nitrogens with one attached hydrogen (secondary N) is 2. The van der Waals surface area contributed by atoms with Crippen LogP contribution >= 0.6 is 15.9 Å². The fraction of sp³-hybridized carbons (Fsp3) is 0.545. The molecular formula is C11H17BrN4O. The molecule has 1 atom stereocenters. The highest BCUT2D eigenvalue weighted by atomic mass is 79.9. The Hall–Kier alpha value is -1.17. The highest BCUT2D eigenvalue weighted by molar-refractivity contribution is 9.10. The molecule has 0 aliphatic carbocycles. The lowest BCUT2D eigenvalue weighted by Crippen LogP contribution is -2.47. The van der Waals surface area contributed by atoms with E-state index in [0.717, 1.165) is 0 Å². The van der Waals surface area contributed by atoms with Crippen molar-refractivity contribution < 1.29 is 4.79 Å². The molecule has 1 rings (SSSR count). The van der Waals surface area contributed by atoms with Gasteiger partial charge < -0.3 is 10.6 Å². The third-order valence-electron chi connectivity index (χ3n) is 1.89. The number of halogens is 1. The largest absolute Gasteiger partial charge is 0.357 e. The lowest BCUT2D eigenvalue weighted by atomic mass is 10.1. The van der Waals surface area contributed by atoms with Crippen molar-refractivity contribution in [3.63, 3.8) is 0 Å². The number of nitrogens with zero attached hydrogens (tertiary/aromatic N) is 2. The lowest BCUT2D eigenvalue weighted by molar-refractivity contribution is -0.122. The summed E-state index contributed by atoms with van der Waals surface area (Å²) >= 11 is 3.20. The van der Waals surface area contributed by atoms with Crippen molar-refractivity contribution in [1.29, 1.82) is 0 Å². The first-order valence-electron chi connectivity index (χ1n) is 5.36. The maximum Gasteiger partial charge on any atom is 0.242 e. The maximum atomic E-state index is 11.8. The molecule has 1 aromatic heterocycles. The summed E-state index contributed by atoms with van der Waals surface area (Å²) in [5.41, 5.74) is -0.238. The minimum absolute atomic E-state index is 0.0674. The molecule has 5 nitrogen and oxygen atoms in total. The molecule has 0 aromatic carbocycles. The minimum Gasteiger partial charge on any atom is -0.357 e. The number of carbonyl (C=O) groups excluding carboxylic acids is 1. The van der Waals surface area contributed by atoms with E-state index >= 15 is 0 Å². The third kappa shape index (κ3) is 5.12. The number of rotatable bonds is 3. The van der Waals surface area contributed by atoms with Crippen molar-refractivity contribution in [3.05, 3.63) is 16.7 Å². The fourth-order valence-electron chi connectivity index (χ4n) is 1.16. The van der Waals surface area contributed by atoms with E-state index in [4.69, 9.17) is 0 Å². The summed E-state index contributed by atoms with van der Waals surface area (Å²) in [6, 6.07) is 3.17. The second-order valence-corrected chi connectivity index (χ2v) is 5.66. The molecule has 1 unspecified atom stereocenters. The van der Waals surface area contributed by atoms with Gasteiger partial charge in [-0.05, 0) is 55.8 Å². The van der Waals surface area contributed by atoms with Crippen LogP contribution in [0.4, 0.5) is 5.82 Å². The molecule has 1 heterocycles. The van der Waals surface area contributed by atoms with E-state index in [-0.39, 0.29) is 17.5 Å². The van der Waals surface area contributed by atoms with Gasteiger partial charge in [-0.1, -0.05) is 0 Å². The summed E-state index contributed by atoms with van der Waals surface area (Å²) in [7, 11) is 0. The molecule has 0 aliphatic rings. The van der Waals surface area contributed by atoms with Crippen LogP contribution in [-0.2, 0) is 4.79 Å². The van der Waals surface area contributed by atoms with Crippen LogP contribution in [0.1, 0.15) is 27.7 Å². The average molecular weight is 301 g/mol. The monoisotopic (exact) mass is 300 g/mol. The molecule has 0 radical (unpaired) electrons. The lowest BCUT2D eigenvalue weighted by Gasteiger charge is -2.23. The minimum atomic E-state index is -0.357. The summed E-state index contributed by atoms with van der Waals surface area (Å²) in [5, 5.41) is 13.6. The molecule has 2 N–H and O–H groups in total. The Morgan fingerprint density at radius 1 is 1.35 bits per heavy atom. The van der Waals surface area contributed by atoms with Gasteiger partial charge in [0.2, 0.25) is 5.91 Å². The summed E-state index contributed by atoms with van der Waals surface area (Å²) in [6.45, 7) is 7.61. The smallest absolute Gasteiger partial charge is 0.242 e. The van der Waals surface area contributed by atoms with E-state index in [0.29, 0.717) is 10.4 Å². The highest BCUT2D eigenvalue weighted by Crippen LogP contribution is 2.08. The van der Waals surface area contributed by atoms with Crippen LogP contribution in [0, 0.1) is 0 Å². The van der Waals surface area contributed by atoms with Gasteiger partial charge in [0.1, 0.15) is 16.5 Å². The number of hydrogen-bond acceptors (Lipinski definition) is 4. The van der Waals surface area contributed by atoms with Gasteiger partial charge in [-0.25, -0.2) is 0 Å². The molecular weight excluding hydrogens is 284 g/mol. The molecule has 94 valence electrons. The van der Waals surface area contributed by atoms with Crippen LogP contribution in [0.25, 0.3) is 0 Å². The second kappa shape index (κ2) is 5.44. The predicted molar refractivity (Wildman–Crippen MR) is 70.7 cm³/mol. The van der Waals surface area contributed by atoms with Crippen molar-refractivity contribution in [2.75, 3.05) is 5.32 Å². The normalized spacial score (nSPS) is 13.0. The average Bonchev–Trinajstić information content (AvgIpc) is 2.19. The Labute approximate surface area is 110 Å². The molecule has 6 heteroatoms. The van der Waals surface area contributed by atoms with Crippen molar-refractivity contribution >= 4 is 27.7 Å². The SMILES string of the molecule is CC(Nc1ccc(Br)nn1)C(=O)NC(C)(C)C. The van der Waals surface area contributed by atoms with Gasteiger partial charge in [0.05, 0.1) is 0 Å². The summed E-state index contributed by atoms with van der Waals surface area (Å²) in [4.78, 5) is 11.8. The third-order valence-corrected chi connectivity index (χ3v) is 2.31. The Balaban J connectivity index is 2.57. The molecule has 0 saturated heterocycles. The van der Waals surface area contributed by atoms with Gasteiger partial charge in [0.15, 0.2) is 0 Å². The van der Waals surface area contributed by atoms with Crippen LogP contribution in [0.2, 0.25) is 0 Å². The molecule has 0 saturated carbocycles. The molecule has 17 heavy (non-hydrogen) atoms. The zero-order valence-electron chi connectivity index (χ0n) is 10.4. The second-order valence-electron chi connectivity index (χ2n) is 4.85. The first-order valence-corrected chi connectivity index (χ1v) is 6.15. The van der Waals surface area contributed by atoms with Crippen molar-refractivity contribution in [2.45, 2.75) is 39.3 Å². The predicted octanol–water partition coefficient (Wildman–Crippen LogP) is 1.95. The van der Waals surface area contributed by atoms with Gasteiger partial charge in [-0.2, -0.15) is 0 Å². The topological polar surface area (TPSA) is 66.9 Å². The van der Waals surface area contributed by atoms with Gasteiger partial charge in [0.25, 0.3) is 0 Å². The highest BCUT2D eigenvalue weighted by Gasteiger charge is 2.19. The van der Waals surface area contributed by atoms with E-state index in [1.165, 1.54) is 0 Å². The van der Waals surface area contributed by atoms with E-state index in [2.05, 4.69) is 36.8 Å². The fourth-order valence-corrected chi connectivity index (χ4v) is 1.37. The van der Waals surface area contributed by atoms with Gasteiger partial charge >= 0.3 is 0 Å². The number of carbonyl (C=O) groups is 1. The van der Waals surface area contributed by atoms with Crippen LogP contribution in [0.5, 0.6) is 0 Å². The van der Waals surface area contributed by atoms with Crippen molar-refractivity contribution in [2.24, 2.45) is 0 Å². The van der Waals surface area contributed by atoms with Crippen LogP contribution in [-0.4, -0.2) is 27.7 Å². The Morgan fingerprint density at radius 3 is 2.47 bits per heavy atom. The Kier molecular flexibility index (Phi) is 4.45. The van der Waals surface area contributed by atoms with Crippen LogP contribution in [0.3, 0.4) is 0 Å². The van der Waals surface area contributed by atoms with Crippen molar-refractivity contribution in [3.8, 4) is 0 Å². The van der Waals surface area contributed by atoms with Gasteiger partial charge in [-0.15, -0.1) is 10.2 Å². The summed E-state index contributed by atoms with van der Waals surface area (Å²) < 4.78 is 0.662. The summed E-state index contributed by atoms with van der Waals surface area (Å²) in [6.07, 6.45) is 0. The zero-order valence-corrected chi connectivity index (χ0v) is 12.0. The summed E-state index contributed by atoms with van der Waals surface area (Å²) in [5.74, 6) is 0.506. The Morgan fingerprint density at radius 2 is 2.00 bits per heavy atom. The zero-order chi connectivity index (χ0) is 13.1. The molecule has 1 aromatic rings. The molecule has 0 aliphatic heterocycles. The van der Waals surface area contributed by atoms with E-state index in [1.54, 1.807) is 19.1 Å². The number of anilines is 1. The number of hydrogen-bond donors (Lipinski definition) is 2. The maximum absolute atomic E-state index is 11.8. The van der Waals surface area contributed by atoms with E-state index in [9.17, 15) is 4.79 Å². The van der Waals surface area contributed by atoms with Crippen molar-refractivity contribution in [1.82, 2.24) is 15.5 Å². The Bertz CT molecular complexity index is 385. The quantitative estimate of drug-likeness (QED) is 0.895. The van der Waals surface area contributed by atoms with Gasteiger partial charge in [0, 0.05) is 5.54 Å². The molecule has 1 amide bonds. The van der Waals surface area contributed by atoms with Crippen LogP contribution in [0.15, 0.2) is 16.7 Å². The first kappa shape index (κ1) is 13.9. The standard InChI is InChI=1S/C11H17BrN4O/c1-7(10(17)14-11(2,3)4)13-9-6-5-8(12)15-16-9/h5-7H,1-4H3,(H,13,16)(H,14,17). The van der Waals surface area contributed by atoms with Crippen LogP contribution < -0.4 is 10.6 Å². The molecule has 0 spiro atoms. The van der Waals surface area contributed by atoms with Gasteiger partial charge in [-0.3, -0.25) is 4.79 Å². The molecule has 0 fully saturated rings. The number of amides is 1. The van der Waals surface area contributed by atoms with E-state index in [1.807, 2.05) is 20.8 Å². The number of aromatic nitrogens is 2. The molecule has 0 bridgehead atoms. The van der Waals surface area contributed by atoms with E-state index < -0.39 is 0 Å². The first-order chi connectivity index (χ1) is 7.78.